The van der Waals surface area contributed by atoms with Gasteiger partial charge in [0.15, 0.2) is 5.78 Å². The molecule has 2 aliphatic carbocycles. The van der Waals surface area contributed by atoms with E-state index in [9.17, 15) is 19.6 Å². The van der Waals surface area contributed by atoms with E-state index in [2.05, 4.69) is 17.2 Å². The minimum absolute atomic E-state index is 0.108. The fraction of sp³-hybridized carbons (Fsp3) is 0.321. The van der Waals surface area contributed by atoms with Crippen molar-refractivity contribution in [1.29, 1.82) is 5.26 Å². The highest BCUT2D eigenvalue weighted by Crippen LogP contribution is 2.54. The molecule has 0 aliphatic heterocycles. The molecule has 2 aromatic carbocycles. The zero-order chi connectivity index (χ0) is 23.9. The van der Waals surface area contributed by atoms with Gasteiger partial charge in [-0.15, -0.1) is 0 Å². The van der Waals surface area contributed by atoms with Crippen LogP contribution in [0, 0.1) is 29.0 Å². The number of hydrogen-bond donors (Lipinski definition) is 2. The van der Waals surface area contributed by atoms with Crippen molar-refractivity contribution in [3.05, 3.63) is 88.4 Å². The molecule has 0 saturated carbocycles. The Morgan fingerprint density at radius 1 is 1.26 bits per heavy atom. The number of Topliss-reactive ketones (excluding diaryl/α,β-unsaturated/α-hetero) is 1. The van der Waals surface area contributed by atoms with Gasteiger partial charge in [-0.1, -0.05) is 37.3 Å². The second-order valence-electron chi connectivity index (χ2n) is 9.30. The van der Waals surface area contributed by atoms with E-state index in [4.69, 9.17) is 5.10 Å². The first kappa shape index (κ1) is 22.2. The number of aromatic amines is 1. The lowest BCUT2D eigenvalue weighted by Crippen LogP contribution is -2.48. The second-order valence-corrected chi connectivity index (χ2v) is 9.30. The number of aromatic nitrogens is 2. The first-order valence-electron chi connectivity index (χ1n) is 11.7. The van der Waals surface area contributed by atoms with Crippen LogP contribution >= 0.6 is 0 Å². The van der Waals surface area contributed by atoms with Crippen molar-refractivity contribution in [3.63, 3.8) is 0 Å². The Hall–Kier alpha value is -3.56. The Kier molecular flexibility index (Phi) is 5.66. The minimum Gasteiger partial charge on any atom is -0.396 e. The summed E-state index contributed by atoms with van der Waals surface area (Å²) in [5.41, 5.74) is 4.79. The van der Waals surface area contributed by atoms with E-state index < -0.39 is 5.41 Å². The molecular formula is C28H26FN3O2. The second kappa shape index (κ2) is 8.66. The van der Waals surface area contributed by atoms with Gasteiger partial charge in [-0.3, -0.25) is 9.89 Å². The third kappa shape index (κ3) is 3.39. The van der Waals surface area contributed by atoms with Crippen LogP contribution < -0.4 is 0 Å². The van der Waals surface area contributed by atoms with Gasteiger partial charge >= 0.3 is 0 Å². The van der Waals surface area contributed by atoms with Gasteiger partial charge in [-0.05, 0) is 67.0 Å². The maximum atomic E-state index is 14.4. The van der Waals surface area contributed by atoms with E-state index in [-0.39, 0.29) is 35.6 Å². The molecule has 0 bridgehead atoms. The largest absolute Gasteiger partial charge is 0.396 e. The molecular weight excluding hydrogens is 429 g/mol. The molecule has 172 valence electrons. The summed E-state index contributed by atoms with van der Waals surface area (Å²) in [6.07, 6.45) is 4.67. The van der Waals surface area contributed by atoms with Gasteiger partial charge in [-0.2, -0.15) is 10.4 Å². The van der Waals surface area contributed by atoms with E-state index in [1.807, 2.05) is 31.2 Å². The lowest BCUT2D eigenvalue weighted by molar-refractivity contribution is -0.121. The van der Waals surface area contributed by atoms with Crippen molar-refractivity contribution < 1.29 is 14.3 Å². The van der Waals surface area contributed by atoms with Crippen LogP contribution in [-0.2, 0) is 23.1 Å². The van der Waals surface area contributed by atoms with Crippen molar-refractivity contribution in [1.82, 2.24) is 10.2 Å². The van der Waals surface area contributed by atoms with Crippen LogP contribution in [0.2, 0.25) is 0 Å². The molecule has 0 saturated heterocycles. The fourth-order valence-corrected chi connectivity index (χ4v) is 5.87. The van der Waals surface area contributed by atoms with Gasteiger partial charge in [0.25, 0.3) is 0 Å². The quantitative estimate of drug-likeness (QED) is 0.586. The number of nitriles is 1. The van der Waals surface area contributed by atoms with Gasteiger partial charge < -0.3 is 5.11 Å². The van der Waals surface area contributed by atoms with Crippen LogP contribution in [0.3, 0.4) is 0 Å². The zero-order valence-electron chi connectivity index (χ0n) is 19.0. The summed E-state index contributed by atoms with van der Waals surface area (Å²) in [5, 5.41) is 26.9. The lowest BCUT2D eigenvalue weighted by Gasteiger charge is -2.47. The molecule has 1 aromatic heterocycles. The predicted octanol–water partition coefficient (Wildman–Crippen LogP) is 4.66. The fourth-order valence-electron chi connectivity index (χ4n) is 5.87. The monoisotopic (exact) mass is 455 g/mol. The Balaban J connectivity index is 1.72. The number of aliphatic hydroxyl groups excluding tert-OH is 1. The van der Waals surface area contributed by atoms with Crippen molar-refractivity contribution >= 4 is 5.78 Å². The molecule has 34 heavy (non-hydrogen) atoms. The Morgan fingerprint density at radius 3 is 2.85 bits per heavy atom. The molecule has 2 aliphatic rings. The highest BCUT2D eigenvalue weighted by Gasteiger charge is 2.53. The van der Waals surface area contributed by atoms with Gasteiger partial charge in [0.1, 0.15) is 11.9 Å². The number of allylic oxidation sites excluding steroid dienone is 2. The number of benzene rings is 2. The third-order valence-corrected chi connectivity index (χ3v) is 7.47. The number of H-pyrrole nitrogens is 1. The molecule has 0 spiro atoms. The summed E-state index contributed by atoms with van der Waals surface area (Å²) in [7, 11) is 0. The number of nitrogens with one attached hydrogen (secondary N) is 1. The summed E-state index contributed by atoms with van der Waals surface area (Å²) < 4.78 is 14.4. The van der Waals surface area contributed by atoms with Gasteiger partial charge in [0.2, 0.25) is 0 Å². The summed E-state index contributed by atoms with van der Waals surface area (Å²) in [5.74, 6) is -1.02. The first-order chi connectivity index (χ1) is 16.5. The molecule has 2 N–H and O–H groups in total. The van der Waals surface area contributed by atoms with E-state index in [1.165, 1.54) is 12.1 Å². The Bertz CT molecular complexity index is 1340. The van der Waals surface area contributed by atoms with Crippen LogP contribution in [0.25, 0.3) is 11.3 Å². The molecule has 0 amide bonds. The van der Waals surface area contributed by atoms with E-state index in [0.29, 0.717) is 12.0 Å². The van der Waals surface area contributed by atoms with E-state index >= 15 is 0 Å². The maximum Gasteiger partial charge on any atom is 0.176 e. The number of nitrogens with zero attached hydrogens (tertiary/aromatic N) is 2. The predicted molar refractivity (Wildman–Crippen MR) is 126 cm³/mol. The highest BCUT2D eigenvalue weighted by atomic mass is 19.1. The normalized spacial score (nSPS) is 23.6. The highest BCUT2D eigenvalue weighted by molar-refractivity contribution is 6.02. The Morgan fingerprint density at radius 2 is 2.09 bits per heavy atom. The molecule has 3 atom stereocenters. The number of aryl methyl sites for hydroxylation is 1. The average Bonchev–Trinajstić information content (AvgIpc) is 3.30. The van der Waals surface area contributed by atoms with Crippen molar-refractivity contribution in [3.8, 4) is 17.3 Å². The number of aliphatic hydroxyl groups is 1. The summed E-state index contributed by atoms with van der Waals surface area (Å²) in [6.45, 7) is 2.01. The van der Waals surface area contributed by atoms with Crippen LogP contribution in [0.15, 0.2) is 60.2 Å². The Labute approximate surface area is 197 Å². The topological polar surface area (TPSA) is 89.8 Å². The molecule has 6 heteroatoms. The van der Waals surface area contributed by atoms with Crippen LogP contribution in [-0.4, -0.2) is 27.7 Å². The molecule has 5 rings (SSSR count). The van der Waals surface area contributed by atoms with Crippen LogP contribution in [0.4, 0.5) is 4.39 Å². The number of halogens is 1. The van der Waals surface area contributed by atoms with Crippen molar-refractivity contribution in [2.75, 3.05) is 6.61 Å². The standard InChI is InChI=1S/C28H26FN3O2/c1-17-24-11-10-23-25(19-7-2-5-18(13-19)6-4-12-33)31-32-27(23)28(24,15-20(16-30)26(17)34)21-8-3-9-22(29)14-21/h2-3,5,7-9,13-15,17,24,33H,4,6,10-12H2,1H3,(H,31,32)/t17-,24?,28+/m0/s1. The number of ketones is 1. The summed E-state index contributed by atoms with van der Waals surface area (Å²) >= 11 is 0. The number of fused-ring (bicyclic) bond motifs is 3. The number of hydrogen-bond acceptors (Lipinski definition) is 4. The van der Waals surface area contributed by atoms with Gasteiger partial charge in [-0.25, -0.2) is 4.39 Å². The van der Waals surface area contributed by atoms with E-state index in [0.717, 1.165) is 47.3 Å². The number of rotatable bonds is 5. The molecule has 5 nitrogen and oxygen atoms in total. The average molecular weight is 456 g/mol. The minimum atomic E-state index is -0.864. The molecule has 0 fully saturated rings. The lowest BCUT2D eigenvalue weighted by atomic mass is 9.54. The van der Waals surface area contributed by atoms with Gasteiger partial charge in [0, 0.05) is 23.7 Å². The number of carbonyl (C=O) groups excluding carboxylic acids is 1. The van der Waals surface area contributed by atoms with Crippen LogP contribution in [0.5, 0.6) is 0 Å². The smallest absolute Gasteiger partial charge is 0.176 e. The van der Waals surface area contributed by atoms with Crippen molar-refractivity contribution in [2.24, 2.45) is 11.8 Å². The molecule has 3 aromatic rings. The van der Waals surface area contributed by atoms with Crippen molar-refractivity contribution in [2.45, 2.75) is 38.0 Å². The SMILES string of the molecule is C[C@@H]1C(=O)C(C#N)=C[C@]2(c3cccc(F)c3)c3n[nH]c(-c4cccc(CCCO)c4)c3CCC12. The number of carbonyl (C=O) groups is 1. The first-order valence-corrected chi connectivity index (χ1v) is 11.7. The third-order valence-electron chi connectivity index (χ3n) is 7.47. The van der Waals surface area contributed by atoms with Crippen LogP contribution in [0.1, 0.15) is 42.1 Å². The molecule has 1 heterocycles. The summed E-state index contributed by atoms with van der Waals surface area (Å²) in [6, 6.07) is 16.7. The molecule has 1 unspecified atom stereocenters. The molecule has 0 radical (unpaired) electrons. The van der Waals surface area contributed by atoms with E-state index in [1.54, 1.807) is 12.1 Å². The maximum absolute atomic E-state index is 14.4. The zero-order valence-corrected chi connectivity index (χ0v) is 19.0. The van der Waals surface area contributed by atoms with Gasteiger partial charge in [0.05, 0.1) is 22.4 Å². The summed E-state index contributed by atoms with van der Waals surface area (Å²) in [4.78, 5) is 12.9.